The summed E-state index contributed by atoms with van der Waals surface area (Å²) in [7, 11) is 0. The van der Waals surface area contributed by atoms with Gasteiger partial charge in [0.05, 0.1) is 12.6 Å². The van der Waals surface area contributed by atoms with Crippen LogP contribution in [0.2, 0.25) is 0 Å². The molecule has 2 aliphatic heterocycles. The number of hydrazine groups is 1. The molecule has 1 unspecified atom stereocenters. The van der Waals surface area contributed by atoms with Crippen molar-refractivity contribution in [3.05, 3.63) is 41.6 Å². The highest BCUT2D eigenvalue weighted by molar-refractivity contribution is 5.39. The van der Waals surface area contributed by atoms with Crippen LogP contribution in [0.3, 0.4) is 0 Å². The summed E-state index contributed by atoms with van der Waals surface area (Å²) in [6.45, 7) is 0.462. The molecule has 26 heavy (non-hydrogen) atoms. The van der Waals surface area contributed by atoms with Gasteiger partial charge in [-0.1, -0.05) is 18.2 Å². The summed E-state index contributed by atoms with van der Waals surface area (Å²) in [6.07, 6.45) is -3.17. The molecular formula is C17H19F5N2O2. The third kappa shape index (κ3) is 4.85. The molecule has 1 aromatic rings. The Morgan fingerprint density at radius 1 is 1.27 bits per heavy atom. The van der Waals surface area contributed by atoms with Gasteiger partial charge in [0, 0.05) is 32.1 Å². The van der Waals surface area contributed by atoms with Crippen LogP contribution in [0.4, 0.5) is 22.0 Å². The van der Waals surface area contributed by atoms with Gasteiger partial charge in [0.1, 0.15) is 12.4 Å². The first-order valence-corrected chi connectivity index (χ1v) is 8.25. The molecule has 0 N–H and O–H groups in total. The van der Waals surface area contributed by atoms with Crippen LogP contribution in [0.25, 0.3) is 0 Å². The highest BCUT2D eigenvalue weighted by Crippen LogP contribution is 2.30. The van der Waals surface area contributed by atoms with E-state index in [9.17, 15) is 22.0 Å². The minimum absolute atomic E-state index is 0.0846. The molecule has 2 heterocycles. The van der Waals surface area contributed by atoms with E-state index in [-0.39, 0.29) is 19.0 Å². The van der Waals surface area contributed by atoms with E-state index in [2.05, 4.69) is 4.74 Å². The molecular weight excluding hydrogens is 359 g/mol. The maximum absolute atomic E-state index is 12.6. The maximum atomic E-state index is 12.6. The predicted octanol–water partition coefficient (Wildman–Crippen LogP) is 3.38. The number of hydrogen-bond donors (Lipinski definition) is 0. The van der Waals surface area contributed by atoms with Crippen molar-refractivity contribution in [2.75, 3.05) is 26.3 Å². The summed E-state index contributed by atoms with van der Waals surface area (Å²) in [5.41, 5.74) is 1.36. The predicted molar refractivity (Wildman–Crippen MR) is 83.7 cm³/mol. The zero-order chi connectivity index (χ0) is 18.7. The van der Waals surface area contributed by atoms with Gasteiger partial charge in [-0.2, -0.15) is 0 Å². The van der Waals surface area contributed by atoms with Crippen LogP contribution in [0, 0.1) is 0 Å². The molecule has 4 nitrogen and oxygen atoms in total. The van der Waals surface area contributed by atoms with Crippen molar-refractivity contribution in [2.45, 2.75) is 31.7 Å². The topological polar surface area (TPSA) is 24.9 Å². The zero-order valence-corrected chi connectivity index (χ0v) is 13.9. The number of nitrogens with zero attached hydrogens (tertiary/aromatic N) is 2. The van der Waals surface area contributed by atoms with E-state index in [0.717, 1.165) is 5.56 Å². The number of rotatable bonds is 6. The number of benzene rings is 1. The lowest BCUT2D eigenvalue weighted by atomic mass is 9.99. The van der Waals surface area contributed by atoms with E-state index in [1.165, 1.54) is 0 Å². The van der Waals surface area contributed by atoms with Gasteiger partial charge >= 0.3 is 6.36 Å². The largest absolute Gasteiger partial charge is 0.522 e. The number of alkyl halides is 5. The summed E-state index contributed by atoms with van der Waals surface area (Å²) in [5.74, 6) is 0.661. The Hall–Kier alpha value is -1.87. The van der Waals surface area contributed by atoms with Crippen molar-refractivity contribution in [1.82, 2.24) is 10.0 Å². The van der Waals surface area contributed by atoms with Crippen LogP contribution in [0.5, 0.6) is 5.75 Å². The van der Waals surface area contributed by atoms with Gasteiger partial charge in [0.25, 0.3) is 0 Å². The van der Waals surface area contributed by atoms with Crippen LogP contribution in [-0.4, -0.2) is 55.2 Å². The molecule has 1 aromatic carbocycles. The highest BCUT2D eigenvalue weighted by atomic mass is 19.4. The normalized spacial score (nSPS) is 20.5. The first kappa shape index (κ1) is 18.9. The molecule has 0 bridgehead atoms. The van der Waals surface area contributed by atoms with Crippen LogP contribution in [0.1, 0.15) is 11.1 Å². The van der Waals surface area contributed by atoms with Crippen molar-refractivity contribution in [3.63, 3.8) is 0 Å². The van der Waals surface area contributed by atoms with Crippen molar-refractivity contribution < 1.29 is 31.4 Å². The Balaban J connectivity index is 1.62. The fourth-order valence-corrected chi connectivity index (χ4v) is 3.20. The van der Waals surface area contributed by atoms with Crippen LogP contribution < -0.4 is 4.74 Å². The second-order valence-electron chi connectivity index (χ2n) is 6.18. The molecule has 1 atom stereocenters. The SMILES string of the molecule is FC(F)Cc1ccc2c(c1)CC(N1C=CCN1CCOC(F)(F)F)CO2. The van der Waals surface area contributed by atoms with E-state index in [4.69, 9.17) is 4.74 Å². The Bertz CT molecular complexity index is 651. The van der Waals surface area contributed by atoms with Crippen molar-refractivity contribution in [1.29, 1.82) is 0 Å². The molecule has 3 rings (SSSR count). The molecule has 0 radical (unpaired) electrons. The minimum atomic E-state index is -4.65. The first-order valence-electron chi connectivity index (χ1n) is 8.25. The number of ether oxygens (including phenoxy) is 2. The lowest BCUT2D eigenvalue weighted by Gasteiger charge is -2.38. The van der Waals surface area contributed by atoms with Gasteiger partial charge in [-0.25, -0.2) is 13.8 Å². The molecule has 0 spiro atoms. The molecule has 0 aromatic heterocycles. The molecule has 0 fully saturated rings. The van der Waals surface area contributed by atoms with Crippen LogP contribution in [0.15, 0.2) is 30.5 Å². The summed E-state index contributed by atoms with van der Waals surface area (Å²) in [6, 6.07) is 4.92. The summed E-state index contributed by atoms with van der Waals surface area (Å²) in [4.78, 5) is 0. The smallest absolute Gasteiger partial charge is 0.491 e. The van der Waals surface area contributed by atoms with E-state index in [1.54, 1.807) is 29.4 Å². The Morgan fingerprint density at radius 3 is 2.81 bits per heavy atom. The molecule has 144 valence electrons. The van der Waals surface area contributed by atoms with Gasteiger partial charge < -0.3 is 9.75 Å². The minimum Gasteiger partial charge on any atom is -0.491 e. The lowest BCUT2D eigenvalue weighted by molar-refractivity contribution is -0.326. The fourth-order valence-electron chi connectivity index (χ4n) is 3.20. The van der Waals surface area contributed by atoms with Crippen molar-refractivity contribution in [3.8, 4) is 5.75 Å². The second kappa shape index (κ2) is 7.79. The number of hydrogen-bond acceptors (Lipinski definition) is 4. The molecule has 0 saturated carbocycles. The third-order valence-corrected chi connectivity index (χ3v) is 4.29. The van der Waals surface area contributed by atoms with E-state index in [0.29, 0.717) is 30.9 Å². The molecule has 0 amide bonds. The monoisotopic (exact) mass is 378 g/mol. The summed E-state index contributed by atoms with van der Waals surface area (Å²) < 4.78 is 71.1. The van der Waals surface area contributed by atoms with E-state index < -0.39 is 19.4 Å². The number of halogens is 5. The van der Waals surface area contributed by atoms with Crippen molar-refractivity contribution in [2.24, 2.45) is 0 Å². The zero-order valence-electron chi connectivity index (χ0n) is 13.9. The van der Waals surface area contributed by atoms with Gasteiger partial charge in [-0.3, -0.25) is 4.74 Å². The highest BCUT2D eigenvalue weighted by Gasteiger charge is 2.32. The van der Waals surface area contributed by atoms with Gasteiger partial charge in [0.2, 0.25) is 6.43 Å². The standard InChI is InChI=1S/C17H19F5N2O2/c18-16(19)9-12-2-3-15-13(8-12)10-14(11-25-15)24-5-1-4-23(24)6-7-26-17(20,21)22/h1-3,5,8,14,16H,4,6-7,9-11H2. The van der Waals surface area contributed by atoms with E-state index in [1.807, 2.05) is 11.1 Å². The second-order valence-corrected chi connectivity index (χ2v) is 6.18. The average Bonchev–Trinajstić information content (AvgIpc) is 3.01. The Morgan fingerprint density at radius 2 is 2.08 bits per heavy atom. The third-order valence-electron chi connectivity index (χ3n) is 4.29. The van der Waals surface area contributed by atoms with E-state index >= 15 is 0 Å². The maximum Gasteiger partial charge on any atom is 0.522 e. The first-order chi connectivity index (χ1) is 12.3. The Labute approximate surface area is 147 Å². The van der Waals surface area contributed by atoms with Gasteiger partial charge in [0.15, 0.2) is 0 Å². The van der Waals surface area contributed by atoms with Gasteiger partial charge in [-0.05, 0) is 17.2 Å². The summed E-state index contributed by atoms with van der Waals surface area (Å²) >= 11 is 0. The van der Waals surface area contributed by atoms with Crippen LogP contribution in [-0.2, 0) is 17.6 Å². The van der Waals surface area contributed by atoms with Crippen LogP contribution >= 0.6 is 0 Å². The lowest BCUT2D eigenvalue weighted by Crippen LogP contribution is -2.48. The molecule has 0 saturated heterocycles. The van der Waals surface area contributed by atoms with Crippen molar-refractivity contribution >= 4 is 0 Å². The molecule has 0 aliphatic carbocycles. The Kier molecular flexibility index (Phi) is 5.67. The molecule has 9 heteroatoms. The summed E-state index contributed by atoms with van der Waals surface area (Å²) in [5, 5.41) is 3.58. The average molecular weight is 378 g/mol. The quantitative estimate of drug-likeness (QED) is 0.709. The fraction of sp³-hybridized carbons (Fsp3) is 0.529. The number of fused-ring (bicyclic) bond motifs is 1. The van der Waals surface area contributed by atoms with Gasteiger partial charge in [-0.15, -0.1) is 13.2 Å². The molecule has 2 aliphatic rings.